The van der Waals surface area contributed by atoms with Gasteiger partial charge < -0.3 is 10.1 Å². The van der Waals surface area contributed by atoms with Crippen LogP contribution in [0.5, 0.6) is 0 Å². The van der Waals surface area contributed by atoms with Gasteiger partial charge in [-0.3, -0.25) is 4.79 Å². The minimum Gasteiger partial charge on any atom is -0.468 e. The lowest BCUT2D eigenvalue weighted by molar-refractivity contribution is -0.141. The normalized spacial score (nSPS) is 16.4. The van der Waals surface area contributed by atoms with Gasteiger partial charge in [-0.05, 0) is 37.8 Å². The molecule has 118 valence electrons. The summed E-state index contributed by atoms with van der Waals surface area (Å²) in [6.07, 6.45) is 2.37. The van der Waals surface area contributed by atoms with Crippen molar-refractivity contribution in [2.75, 3.05) is 12.4 Å². The average Bonchev–Trinajstić information content (AvgIpc) is 3.40. The first-order chi connectivity index (χ1) is 11.1. The number of esters is 1. The molecule has 0 amide bonds. The largest absolute Gasteiger partial charge is 0.468 e. The van der Waals surface area contributed by atoms with Crippen LogP contribution in [-0.2, 0) is 9.53 Å². The molecule has 2 aromatic rings. The number of hydrogen-bond acceptors (Lipinski definition) is 6. The summed E-state index contributed by atoms with van der Waals surface area (Å²) in [4.78, 5) is 21.0. The number of para-hydroxylation sites is 2. The fraction of sp³-hybridized carbons (Fsp3) is 0.412. The number of benzene rings is 1. The van der Waals surface area contributed by atoms with Crippen LogP contribution in [0, 0.1) is 17.2 Å². The van der Waals surface area contributed by atoms with Gasteiger partial charge in [-0.1, -0.05) is 12.1 Å². The highest BCUT2D eigenvalue weighted by atomic mass is 16.5. The molecule has 1 heterocycles. The summed E-state index contributed by atoms with van der Waals surface area (Å²) < 4.78 is 4.73. The minimum absolute atomic E-state index is 0.223. The molecule has 0 radical (unpaired) electrons. The van der Waals surface area contributed by atoms with E-state index < -0.39 is 11.9 Å². The smallest absolute Gasteiger partial charge is 0.329 e. The molecular weight excluding hydrogens is 292 g/mol. The van der Waals surface area contributed by atoms with E-state index in [1.807, 2.05) is 30.3 Å². The van der Waals surface area contributed by atoms with Crippen molar-refractivity contribution in [3.8, 4) is 6.07 Å². The summed E-state index contributed by atoms with van der Waals surface area (Å²) >= 11 is 0. The molecule has 0 aliphatic heterocycles. The van der Waals surface area contributed by atoms with Gasteiger partial charge in [-0.15, -0.1) is 0 Å². The first kappa shape index (κ1) is 15.2. The van der Waals surface area contributed by atoms with E-state index in [9.17, 15) is 10.1 Å². The lowest BCUT2D eigenvalue weighted by atomic mass is 10.1. The summed E-state index contributed by atoms with van der Waals surface area (Å²) in [5.41, 5.74) is 1.70. The number of nitriles is 1. The van der Waals surface area contributed by atoms with Crippen LogP contribution < -0.4 is 5.32 Å². The number of nitrogens with zero attached hydrogens (tertiary/aromatic N) is 3. The van der Waals surface area contributed by atoms with Crippen LogP contribution in [0.2, 0.25) is 0 Å². The second-order valence-electron chi connectivity index (χ2n) is 5.80. The maximum atomic E-state index is 11.9. The second kappa shape index (κ2) is 6.21. The summed E-state index contributed by atoms with van der Waals surface area (Å²) in [6.45, 7) is 2.08. The molecule has 2 atom stereocenters. The Labute approximate surface area is 134 Å². The number of methoxy groups -OCH3 is 1. The van der Waals surface area contributed by atoms with Crippen molar-refractivity contribution < 1.29 is 9.53 Å². The Balaban J connectivity index is 2.07. The molecule has 1 aromatic heterocycles. The Morgan fingerprint density at radius 3 is 2.57 bits per heavy atom. The van der Waals surface area contributed by atoms with E-state index in [4.69, 9.17) is 4.74 Å². The number of hydrogen-bond donors (Lipinski definition) is 1. The Morgan fingerprint density at radius 2 is 2.00 bits per heavy atom. The van der Waals surface area contributed by atoms with Crippen molar-refractivity contribution in [3.05, 3.63) is 30.0 Å². The molecule has 6 heteroatoms. The molecule has 1 aliphatic carbocycles. The summed E-state index contributed by atoms with van der Waals surface area (Å²) in [5, 5.41) is 12.7. The summed E-state index contributed by atoms with van der Waals surface area (Å²) in [6, 6.07) is 9.60. The fourth-order valence-electron chi connectivity index (χ4n) is 2.59. The topological polar surface area (TPSA) is 87.9 Å². The van der Waals surface area contributed by atoms with E-state index >= 15 is 0 Å². The number of rotatable bonds is 5. The summed E-state index contributed by atoms with van der Waals surface area (Å²) in [5.74, 6) is -0.625. The van der Waals surface area contributed by atoms with Gasteiger partial charge in [0.2, 0.25) is 0 Å². The molecule has 23 heavy (non-hydrogen) atoms. The third-order valence-corrected chi connectivity index (χ3v) is 4.13. The highest BCUT2D eigenvalue weighted by Crippen LogP contribution is 2.35. The molecule has 0 saturated heterocycles. The number of carbonyl (C=O) groups excluding carboxylic acids is 1. The van der Waals surface area contributed by atoms with Crippen molar-refractivity contribution in [2.45, 2.75) is 31.7 Å². The van der Waals surface area contributed by atoms with Crippen LogP contribution in [0.3, 0.4) is 0 Å². The fourth-order valence-corrected chi connectivity index (χ4v) is 2.59. The van der Waals surface area contributed by atoms with Crippen LogP contribution >= 0.6 is 0 Å². The van der Waals surface area contributed by atoms with Gasteiger partial charge >= 0.3 is 5.97 Å². The quantitative estimate of drug-likeness (QED) is 0.854. The van der Waals surface area contributed by atoms with Crippen LogP contribution in [-0.4, -0.2) is 29.1 Å². The predicted octanol–water partition coefficient (Wildman–Crippen LogP) is 2.62. The number of aromatic nitrogens is 2. The van der Waals surface area contributed by atoms with Crippen molar-refractivity contribution in [2.24, 2.45) is 5.92 Å². The van der Waals surface area contributed by atoms with Gasteiger partial charge in [0.15, 0.2) is 11.7 Å². The van der Waals surface area contributed by atoms with E-state index in [2.05, 4.69) is 22.2 Å². The molecule has 3 rings (SSSR count). The Kier molecular flexibility index (Phi) is 4.11. The highest BCUT2D eigenvalue weighted by Gasteiger charge is 2.31. The van der Waals surface area contributed by atoms with Gasteiger partial charge in [0, 0.05) is 6.04 Å². The van der Waals surface area contributed by atoms with Crippen molar-refractivity contribution in [1.82, 2.24) is 9.97 Å². The molecule has 1 saturated carbocycles. The van der Waals surface area contributed by atoms with Crippen molar-refractivity contribution >= 4 is 22.8 Å². The van der Waals surface area contributed by atoms with E-state index in [0.717, 1.165) is 5.52 Å². The van der Waals surface area contributed by atoms with Gasteiger partial charge in [0.25, 0.3) is 0 Å². The van der Waals surface area contributed by atoms with Crippen molar-refractivity contribution in [1.29, 1.82) is 5.26 Å². The number of nitrogens with one attached hydrogen (secondary N) is 1. The lowest BCUT2D eigenvalue weighted by Gasteiger charge is -2.18. The molecular formula is C17H18N4O2. The van der Waals surface area contributed by atoms with Gasteiger partial charge in [0.05, 0.1) is 24.2 Å². The number of carbonyl (C=O) groups is 1. The lowest BCUT2D eigenvalue weighted by Crippen LogP contribution is -2.23. The molecule has 6 nitrogen and oxygen atoms in total. The molecule has 0 unspecified atom stereocenters. The molecule has 0 spiro atoms. The highest BCUT2D eigenvalue weighted by molar-refractivity contribution is 5.84. The van der Waals surface area contributed by atoms with Crippen LogP contribution in [0.1, 0.15) is 31.4 Å². The van der Waals surface area contributed by atoms with Gasteiger partial charge in [-0.2, -0.15) is 5.26 Å². The van der Waals surface area contributed by atoms with Crippen LogP contribution in [0.15, 0.2) is 24.3 Å². The van der Waals surface area contributed by atoms with Gasteiger partial charge in [0.1, 0.15) is 5.69 Å². The SMILES string of the molecule is COC(=O)[C@H](C#N)c1nc2ccccc2nc1N[C@@H](C)C1CC1. The zero-order valence-electron chi connectivity index (χ0n) is 13.1. The van der Waals surface area contributed by atoms with Crippen LogP contribution in [0.25, 0.3) is 11.0 Å². The summed E-state index contributed by atoms with van der Waals surface area (Å²) in [7, 11) is 1.26. The third-order valence-electron chi connectivity index (χ3n) is 4.13. The van der Waals surface area contributed by atoms with Crippen LogP contribution in [0.4, 0.5) is 5.82 Å². The molecule has 1 aromatic carbocycles. The van der Waals surface area contributed by atoms with E-state index in [-0.39, 0.29) is 6.04 Å². The zero-order chi connectivity index (χ0) is 16.4. The maximum Gasteiger partial charge on any atom is 0.329 e. The van der Waals surface area contributed by atoms with E-state index in [1.54, 1.807) is 0 Å². The van der Waals surface area contributed by atoms with E-state index in [0.29, 0.717) is 22.9 Å². The number of anilines is 1. The van der Waals surface area contributed by atoms with Crippen molar-refractivity contribution in [3.63, 3.8) is 0 Å². The number of fused-ring (bicyclic) bond motifs is 1. The first-order valence-electron chi connectivity index (χ1n) is 7.64. The molecule has 1 N–H and O–H groups in total. The standard InChI is InChI=1S/C17H18N4O2/c1-10(11-7-8-11)19-16-15(12(9-18)17(22)23-2)20-13-5-3-4-6-14(13)21-16/h3-6,10-12H,7-8H2,1-2H3,(H,19,21)/t10-,12+/m0/s1. The Hall–Kier alpha value is -2.68. The molecule has 1 aliphatic rings. The maximum absolute atomic E-state index is 11.9. The zero-order valence-corrected chi connectivity index (χ0v) is 13.1. The second-order valence-corrected chi connectivity index (χ2v) is 5.80. The number of ether oxygens (including phenoxy) is 1. The minimum atomic E-state index is -1.09. The Morgan fingerprint density at radius 1 is 1.35 bits per heavy atom. The third kappa shape index (κ3) is 3.09. The van der Waals surface area contributed by atoms with Gasteiger partial charge in [-0.25, -0.2) is 9.97 Å². The molecule has 0 bridgehead atoms. The van der Waals surface area contributed by atoms with E-state index in [1.165, 1.54) is 20.0 Å². The monoisotopic (exact) mass is 310 g/mol. The first-order valence-corrected chi connectivity index (χ1v) is 7.64. The molecule has 1 fully saturated rings. The predicted molar refractivity (Wildman–Crippen MR) is 85.7 cm³/mol. The average molecular weight is 310 g/mol. The Bertz CT molecular complexity index is 780.